The fraction of sp³-hybridized carbons (Fsp3) is 0.125. The Hall–Kier alpha value is -2.81. The molecule has 1 heterocycles. The first-order chi connectivity index (χ1) is 11.9. The molecule has 2 aromatic carbocycles. The summed E-state index contributed by atoms with van der Waals surface area (Å²) in [5.41, 5.74) is 1.28. The van der Waals surface area contributed by atoms with Crippen LogP contribution in [0, 0.1) is 0 Å². The number of carbonyl (C=O) groups excluding carboxylic acids is 1. The van der Waals surface area contributed by atoms with Crippen LogP contribution in [0.4, 0.5) is 24.0 Å². The molecule has 1 amide bonds. The van der Waals surface area contributed by atoms with E-state index in [0.29, 0.717) is 15.3 Å². The first-order valence-corrected chi connectivity index (χ1v) is 7.96. The van der Waals surface area contributed by atoms with Crippen LogP contribution in [0.3, 0.4) is 0 Å². The smallest absolute Gasteiger partial charge is 0.406 e. The number of alkyl halides is 3. The van der Waals surface area contributed by atoms with Crippen molar-refractivity contribution in [3.63, 3.8) is 0 Å². The predicted molar refractivity (Wildman–Crippen MR) is 89.9 cm³/mol. The number of fused-ring (bicyclic) bond motifs is 1. The minimum absolute atomic E-state index is 0.0440. The van der Waals surface area contributed by atoms with E-state index in [9.17, 15) is 18.0 Å². The number of para-hydroxylation sites is 1. The number of hydrogen-bond acceptors (Lipinski definition) is 5. The Morgan fingerprint density at radius 1 is 1.16 bits per heavy atom. The van der Waals surface area contributed by atoms with Gasteiger partial charge in [-0.15, -0.1) is 13.2 Å². The number of rotatable bonds is 5. The molecule has 1 aromatic heterocycles. The second kappa shape index (κ2) is 6.98. The number of nitrogens with one attached hydrogen (secondary N) is 2. The highest BCUT2D eigenvalue weighted by Crippen LogP contribution is 2.31. The molecule has 9 heteroatoms. The standard InChI is InChI=1S/C16H12F3N3O2S/c17-16(18,19)24-11-6-7-12-13(8-11)25-15(21-12)22-14(23)9-20-10-4-2-1-3-5-10/h1-8,20H,9H2,(H,21,22,23). The SMILES string of the molecule is O=C(CNc1ccccc1)Nc1nc2ccc(OC(F)(F)F)cc2s1. The quantitative estimate of drug-likeness (QED) is 0.708. The first-order valence-electron chi connectivity index (χ1n) is 7.14. The highest BCUT2D eigenvalue weighted by molar-refractivity contribution is 7.22. The van der Waals surface area contributed by atoms with Gasteiger partial charge < -0.3 is 15.4 Å². The van der Waals surface area contributed by atoms with Crippen molar-refractivity contribution in [2.24, 2.45) is 0 Å². The summed E-state index contributed by atoms with van der Waals surface area (Å²) in [6.45, 7) is 0.0440. The van der Waals surface area contributed by atoms with Crippen LogP contribution < -0.4 is 15.4 Å². The van der Waals surface area contributed by atoms with E-state index in [4.69, 9.17) is 0 Å². The first kappa shape index (κ1) is 17.0. The zero-order valence-electron chi connectivity index (χ0n) is 12.6. The minimum Gasteiger partial charge on any atom is -0.406 e. The van der Waals surface area contributed by atoms with Crippen molar-refractivity contribution in [3.8, 4) is 5.75 Å². The Balaban J connectivity index is 1.64. The lowest BCUT2D eigenvalue weighted by Gasteiger charge is -2.07. The summed E-state index contributed by atoms with van der Waals surface area (Å²) in [5.74, 6) is -0.637. The highest BCUT2D eigenvalue weighted by Gasteiger charge is 2.31. The molecule has 2 N–H and O–H groups in total. The number of halogens is 3. The third-order valence-electron chi connectivity index (χ3n) is 3.07. The van der Waals surface area contributed by atoms with Gasteiger partial charge in [0.15, 0.2) is 5.13 Å². The summed E-state index contributed by atoms with van der Waals surface area (Å²) in [6.07, 6.45) is -4.75. The molecule has 0 bridgehead atoms. The zero-order chi connectivity index (χ0) is 17.9. The molecule has 5 nitrogen and oxygen atoms in total. The van der Waals surface area contributed by atoms with Crippen LogP contribution in [-0.4, -0.2) is 23.8 Å². The Labute approximate surface area is 144 Å². The van der Waals surface area contributed by atoms with Crippen LogP contribution in [-0.2, 0) is 4.79 Å². The summed E-state index contributed by atoms with van der Waals surface area (Å²) in [5, 5.41) is 5.87. The van der Waals surface area contributed by atoms with Crippen LogP contribution in [0.25, 0.3) is 10.2 Å². The number of ether oxygens (including phenoxy) is 1. The highest BCUT2D eigenvalue weighted by atomic mass is 32.1. The Kier molecular flexibility index (Phi) is 4.75. The van der Waals surface area contributed by atoms with Gasteiger partial charge in [-0.05, 0) is 24.3 Å². The zero-order valence-corrected chi connectivity index (χ0v) is 13.4. The third-order valence-corrected chi connectivity index (χ3v) is 4.00. The number of hydrogen-bond donors (Lipinski definition) is 2. The number of carbonyl (C=O) groups is 1. The van der Waals surface area contributed by atoms with Gasteiger partial charge in [-0.3, -0.25) is 4.79 Å². The topological polar surface area (TPSA) is 63.2 Å². The number of thiazole rings is 1. The molecule has 0 aliphatic rings. The van der Waals surface area contributed by atoms with Crippen molar-refractivity contribution in [2.45, 2.75) is 6.36 Å². The second-order valence-electron chi connectivity index (χ2n) is 4.96. The maximum absolute atomic E-state index is 12.2. The van der Waals surface area contributed by atoms with E-state index >= 15 is 0 Å². The summed E-state index contributed by atoms with van der Waals surface area (Å²) in [4.78, 5) is 16.1. The average molecular weight is 367 g/mol. The maximum atomic E-state index is 12.2. The predicted octanol–water partition coefficient (Wildman–Crippen LogP) is 4.25. The molecule has 0 radical (unpaired) electrons. The lowest BCUT2D eigenvalue weighted by Crippen LogP contribution is -2.21. The normalized spacial score (nSPS) is 11.3. The number of amides is 1. The fourth-order valence-electron chi connectivity index (χ4n) is 2.06. The van der Waals surface area contributed by atoms with Gasteiger partial charge in [0.1, 0.15) is 5.75 Å². The van der Waals surface area contributed by atoms with Crippen molar-refractivity contribution in [1.29, 1.82) is 0 Å². The number of benzene rings is 2. The van der Waals surface area contributed by atoms with E-state index in [-0.39, 0.29) is 18.2 Å². The van der Waals surface area contributed by atoms with E-state index in [1.165, 1.54) is 18.2 Å². The van der Waals surface area contributed by atoms with E-state index < -0.39 is 6.36 Å². The molecule has 3 aromatic rings. The monoisotopic (exact) mass is 367 g/mol. The maximum Gasteiger partial charge on any atom is 0.573 e. The number of anilines is 2. The molecule has 0 atom stereocenters. The molecule has 0 unspecified atom stereocenters. The average Bonchev–Trinajstić information content (AvgIpc) is 2.94. The molecule has 0 saturated carbocycles. The largest absolute Gasteiger partial charge is 0.573 e. The summed E-state index contributed by atoms with van der Waals surface area (Å²) in [6, 6.07) is 13.0. The van der Waals surface area contributed by atoms with Crippen molar-refractivity contribution in [2.75, 3.05) is 17.2 Å². The Morgan fingerprint density at radius 2 is 1.92 bits per heavy atom. The van der Waals surface area contributed by atoms with Gasteiger partial charge in [-0.1, -0.05) is 29.5 Å². The number of nitrogens with zero attached hydrogens (tertiary/aromatic N) is 1. The molecule has 0 fully saturated rings. The van der Waals surface area contributed by atoms with Gasteiger partial charge in [0.05, 0.1) is 16.8 Å². The van der Waals surface area contributed by atoms with Crippen LogP contribution in [0.15, 0.2) is 48.5 Å². The minimum atomic E-state index is -4.75. The lowest BCUT2D eigenvalue weighted by atomic mass is 10.3. The van der Waals surface area contributed by atoms with Crippen LogP contribution in [0.2, 0.25) is 0 Å². The van der Waals surface area contributed by atoms with Crippen molar-refractivity contribution >= 4 is 38.3 Å². The fourth-order valence-corrected chi connectivity index (χ4v) is 2.97. The van der Waals surface area contributed by atoms with E-state index in [2.05, 4.69) is 20.4 Å². The summed E-state index contributed by atoms with van der Waals surface area (Å²) >= 11 is 1.07. The Morgan fingerprint density at radius 3 is 2.64 bits per heavy atom. The van der Waals surface area contributed by atoms with Crippen molar-refractivity contribution in [1.82, 2.24) is 4.98 Å². The molecular weight excluding hydrogens is 355 g/mol. The van der Waals surface area contributed by atoms with Crippen LogP contribution >= 0.6 is 11.3 Å². The summed E-state index contributed by atoms with van der Waals surface area (Å²) in [7, 11) is 0. The molecule has 0 aliphatic heterocycles. The lowest BCUT2D eigenvalue weighted by molar-refractivity contribution is -0.274. The number of aromatic nitrogens is 1. The van der Waals surface area contributed by atoms with Gasteiger partial charge >= 0.3 is 6.36 Å². The third kappa shape index (κ3) is 4.83. The van der Waals surface area contributed by atoms with Crippen molar-refractivity contribution in [3.05, 3.63) is 48.5 Å². The summed E-state index contributed by atoms with van der Waals surface area (Å²) < 4.78 is 41.1. The Bertz CT molecular complexity index is 881. The molecule has 130 valence electrons. The van der Waals surface area contributed by atoms with Gasteiger partial charge in [-0.25, -0.2) is 4.98 Å². The van der Waals surface area contributed by atoms with Gasteiger partial charge in [0, 0.05) is 11.8 Å². The van der Waals surface area contributed by atoms with E-state index in [1.807, 2.05) is 30.3 Å². The molecule has 0 aliphatic carbocycles. The molecule has 25 heavy (non-hydrogen) atoms. The van der Waals surface area contributed by atoms with Crippen molar-refractivity contribution < 1.29 is 22.7 Å². The second-order valence-corrected chi connectivity index (χ2v) is 5.99. The van der Waals surface area contributed by atoms with Crippen LogP contribution in [0.1, 0.15) is 0 Å². The van der Waals surface area contributed by atoms with Gasteiger partial charge in [-0.2, -0.15) is 0 Å². The van der Waals surface area contributed by atoms with Gasteiger partial charge in [0.2, 0.25) is 5.91 Å². The molecule has 3 rings (SSSR count). The van der Waals surface area contributed by atoms with Gasteiger partial charge in [0.25, 0.3) is 0 Å². The van der Waals surface area contributed by atoms with E-state index in [1.54, 1.807) is 0 Å². The van der Waals surface area contributed by atoms with Crippen LogP contribution in [0.5, 0.6) is 5.75 Å². The van der Waals surface area contributed by atoms with E-state index in [0.717, 1.165) is 17.0 Å². The molecule has 0 saturated heterocycles. The molecule has 0 spiro atoms. The molecular formula is C16H12F3N3O2S.